The van der Waals surface area contributed by atoms with Gasteiger partial charge in [-0.05, 0) is 23.8 Å². The molecule has 1 N–H and O–H groups in total. The molecule has 218 valence electrons. The van der Waals surface area contributed by atoms with Gasteiger partial charge in [-0.15, -0.1) is 9.78 Å². The van der Waals surface area contributed by atoms with Crippen LogP contribution in [0.25, 0.3) is 28.1 Å². The third kappa shape index (κ3) is 5.58. The first kappa shape index (κ1) is 28.1. The summed E-state index contributed by atoms with van der Waals surface area (Å²) in [7, 11) is 0. The molecule has 0 saturated heterocycles. The summed E-state index contributed by atoms with van der Waals surface area (Å²) in [4.78, 5) is 4.59. The maximum absolute atomic E-state index is 15.3. The first-order valence-electron chi connectivity index (χ1n) is 12.6. The van der Waals surface area contributed by atoms with Gasteiger partial charge >= 0.3 is 6.55 Å². The van der Waals surface area contributed by atoms with Gasteiger partial charge in [-0.3, -0.25) is 9.67 Å². The number of hydrogen-bond acceptors (Lipinski definition) is 6. The Morgan fingerprint density at radius 2 is 1.72 bits per heavy atom. The van der Waals surface area contributed by atoms with E-state index < -0.39 is 24.8 Å². The average Bonchev–Trinajstić information content (AvgIpc) is 3.80. The molecule has 6 aromatic rings. The van der Waals surface area contributed by atoms with E-state index in [2.05, 4.69) is 35.9 Å². The average molecular weight is 614 g/mol. The largest absolute Gasteiger partial charge is 0.335 e. The minimum absolute atomic E-state index is 0.0550. The lowest BCUT2D eigenvalue weighted by molar-refractivity contribution is -0.659. The van der Waals surface area contributed by atoms with E-state index >= 15 is 4.39 Å². The van der Waals surface area contributed by atoms with Crippen molar-refractivity contribution < 1.29 is 26.6 Å². The number of halogens is 6. The molecule has 0 radical (unpaired) electrons. The molecule has 6 rings (SSSR count). The van der Waals surface area contributed by atoms with Crippen LogP contribution < -0.4 is 4.68 Å². The summed E-state index contributed by atoms with van der Waals surface area (Å²) in [6.07, 6.45) is 4.61. The predicted molar refractivity (Wildman–Crippen MR) is 142 cm³/mol. The summed E-state index contributed by atoms with van der Waals surface area (Å²) < 4.78 is 71.8. The Kier molecular flexibility index (Phi) is 7.63. The fourth-order valence-corrected chi connectivity index (χ4v) is 4.81. The molecular formula is C27H19ClF5N10+. The quantitative estimate of drug-likeness (QED) is 0.169. The molecule has 16 heteroatoms. The van der Waals surface area contributed by atoms with Crippen LogP contribution in [-0.4, -0.2) is 45.3 Å². The van der Waals surface area contributed by atoms with Crippen molar-refractivity contribution in [2.24, 2.45) is 0 Å². The molecule has 0 unspecified atom stereocenters. The van der Waals surface area contributed by atoms with E-state index in [0.29, 0.717) is 32.8 Å². The Hall–Kier alpha value is -5.05. The second-order valence-electron chi connectivity index (χ2n) is 9.34. The van der Waals surface area contributed by atoms with Crippen LogP contribution >= 0.6 is 11.6 Å². The normalized spacial score (nSPS) is 12.4. The monoisotopic (exact) mass is 613 g/mol. The van der Waals surface area contributed by atoms with Gasteiger partial charge in [0.05, 0.1) is 40.4 Å². The zero-order chi connectivity index (χ0) is 30.1. The lowest BCUT2D eigenvalue weighted by Gasteiger charge is -2.18. The molecule has 0 aliphatic rings. The van der Waals surface area contributed by atoms with Crippen molar-refractivity contribution >= 4 is 11.6 Å². The highest BCUT2D eigenvalue weighted by atomic mass is 35.5. The van der Waals surface area contributed by atoms with E-state index in [0.717, 1.165) is 0 Å². The van der Waals surface area contributed by atoms with Gasteiger partial charge in [0.1, 0.15) is 10.8 Å². The summed E-state index contributed by atoms with van der Waals surface area (Å²) in [6, 6.07) is 11.5. The standard InChI is InChI=1S/C27H18ClF5N10/c28-19-6-8-21(42-14-36-38-40-42)24(25(19)29)17-5-7-20(34-10-17)22(9-15-1-3-16(4-2-15)26(30)31)41-13-18(11-37-41)23-12-35-39-43(23)27(32)33/h1-8,10-14,22,26-27H,9H2/p+1/t22-/m0/s1. The number of nitrogens with one attached hydrogen (secondary N) is 1. The molecule has 4 aromatic heterocycles. The molecule has 0 spiro atoms. The van der Waals surface area contributed by atoms with E-state index in [1.807, 2.05) is 0 Å². The molecule has 1 atom stereocenters. The van der Waals surface area contributed by atoms with Gasteiger partial charge in [-0.1, -0.05) is 52.4 Å². The van der Waals surface area contributed by atoms with E-state index in [4.69, 9.17) is 11.6 Å². The van der Waals surface area contributed by atoms with Crippen LogP contribution in [0, 0.1) is 5.82 Å². The van der Waals surface area contributed by atoms with Crippen LogP contribution in [0.1, 0.15) is 35.8 Å². The van der Waals surface area contributed by atoms with Gasteiger partial charge in [-0.2, -0.15) is 18.6 Å². The molecule has 0 bridgehead atoms. The van der Waals surface area contributed by atoms with Gasteiger partial charge in [0.25, 0.3) is 12.8 Å². The highest BCUT2D eigenvalue weighted by Crippen LogP contribution is 2.33. The fraction of sp³-hybridized carbons (Fsp3) is 0.148. The SMILES string of the molecule is Fc1c(Cl)ccc(-[n+]2cnn[nH]2)c1-c1ccc([C@H](Cc2ccc(C(F)F)cc2)n2cc(-c3cnnn3C(F)F)cn2)nc1. The summed E-state index contributed by atoms with van der Waals surface area (Å²) in [5, 5.41) is 21.3. The predicted octanol–water partition coefficient (Wildman–Crippen LogP) is 5.56. The second kappa shape index (κ2) is 11.7. The van der Waals surface area contributed by atoms with E-state index in [-0.39, 0.29) is 28.3 Å². The van der Waals surface area contributed by atoms with E-state index in [1.165, 1.54) is 52.5 Å². The molecule has 0 aliphatic heterocycles. The van der Waals surface area contributed by atoms with Crippen LogP contribution in [0.4, 0.5) is 22.0 Å². The van der Waals surface area contributed by atoms with Gasteiger partial charge in [0, 0.05) is 35.5 Å². The Bertz CT molecular complexity index is 1840. The zero-order valence-electron chi connectivity index (χ0n) is 21.7. The minimum atomic E-state index is -2.91. The Morgan fingerprint density at radius 1 is 0.907 bits per heavy atom. The second-order valence-corrected chi connectivity index (χ2v) is 9.75. The van der Waals surface area contributed by atoms with Crippen LogP contribution in [0.5, 0.6) is 0 Å². The number of tetrazole rings is 1. The lowest BCUT2D eigenvalue weighted by atomic mass is 9.99. The first-order valence-corrected chi connectivity index (χ1v) is 13.0. The van der Waals surface area contributed by atoms with Crippen molar-refractivity contribution in [2.75, 3.05) is 0 Å². The van der Waals surface area contributed by atoms with E-state index in [9.17, 15) is 17.6 Å². The molecule has 4 heterocycles. The minimum Gasteiger partial charge on any atom is -0.263 e. The number of pyridine rings is 1. The highest BCUT2D eigenvalue weighted by Gasteiger charge is 2.23. The number of nitrogens with zero attached hydrogens (tertiary/aromatic N) is 9. The van der Waals surface area contributed by atoms with Crippen LogP contribution in [0.3, 0.4) is 0 Å². The number of aromatic nitrogens is 10. The van der Waals surface area contributed by atoms with Crippen LogP contribution in [0.15, 0.2) is 79.6 Å². The molecule has 10 nitrogen and oxygen atoms in total. The van der Waals surface area contributed by atoms with Crippen molar-refractivity contribution in [3.63, 3.8) is 0 Å². The summed E-state index contributed by atoms with van der Waals surface area (Å²) in [5.74, 6) is -0.674. The third-order valence-electron chi connectivity index (χ3n) is 6.76. The Morgan fingerprint density at radius 3 is 2.40 bits per heavy atom. The Labute approximate surface area is 244 Å². The number of hydrogen-bond donors (Lipinski definition) is 1. The summed E-state index contributed by atoms with van der Waals surface area (Å²) in [6.45, 7) is -2.91. The van der Waals surface area contributed by atoms with Crippen molar-refractivity contribution in [1.29, 1.82) is 0 Å². The molecule has 43 heavy (non-hydrogen) atoms. The molecule has 0 amide bonds. The zero-order valence-corrected chi connectivity index (χ0v) is 22.5. The summed E-state index contributed by atoms with van der Waals surface area (Å²) in [5.41, 5.74) is 2.37. The first-order chi connectivity index (χ1) is 20.8. The molecule has 0 saturated carbocycles. The number of alkyl halides is 4. The van der Waals surface area contributed by atoms with E-state index in [1.54, 1.807) is 36.5 Å². The molecule has 0 fully saturated rings. The van der Waals surface area contributed by atoms with Gasteiger partial charge in [-0.25, -0.2) is 13.2 Å². The third-order valence-corrected chi connectivity index (χ3v) is 7.06. The number of aromatic amines is 1. The highest BCUT2D eigenvalue weighted by molar-refractivity contribution is 6.31. The van der Waals surface area contributed by atoms with Crippen molar-refractivity contribution in [1.82, 2.24) is 45.3 Å². The van der Waals surface area contributed by atoms with Crippen molar-refractivity contribution in [3.05, 3.63) is 107 Å². The van der Waals surface area contributed by atoms with Crippen molar-refractivity contribution in [2.45, 2.75) is 25.4 Å². The van der Waals surface area contributed by atoms with Gasteiger partial charge < -0.3 is 0 Å². The smallest absolute Gasteiger partial charge is 0.263 e. The Balaban J connectivity index is 1.39. The molecule has 2 aromatic carbocycles. The maximum Gasteiger partial charge on any atom is 0.335 e. The maximum atomic E-state index is 15.3. The number of rotatable bonds is 9. The topological polar surface area (TPSA) is 107 Å². The number of benzene rings is 2. The van der Waals surface area contributed by atoms with Gasteiger partial charge in [0.2, 0.25) is 0 Å². The lowest BCUT2D eigenvalue weighted by Crippen LogP contribution is -2.33. The fourth-order valence-electron chi connectivity index (χ4n) is 4.65. The molecule has 0 aliphatic carbocycles. The molecular weight excluding hydrogens is 595 g/mol. The van der Waals surface area contributed by atoms with Crippen LogP contribution in [0.2, 0.25) is 5.02 Å². The van der Waals surface area contributed by atoms with Gasteiger partial charge in [0.15, 0.2) is 11.0 Å². The van der Waals surface area contributed by atoms with Crippen molar-refractivity contribution in [3.8, 4) is 28.1 Å². The van der Waals surface area contributed by atoms with Crippen LogP contribution in [-0.2, 0) is 6.42 Å². The number of H-pyrrole nitrogens is 1. The summed E-state index contributed by atoms with van der Waals surface area (Å²) >= 11 is 6.09.